The molecule has 33 heavy (non-hydrogen) atoms. The van der Waals surface area contributed by atoms with Gasteiger partial charge in [-0.15, -0.1) is 0 Å². The Kier molecular flexibility index (Phi) is 5.70. The van der Waals surface area contributed by atoms with Gasteiger partial charge in [0, 0.05) is 11.3 Å². The lowest BCUT2D eigenvalue weighted by Crippen LogP contribution is -2.18. The lowest BCUT2D eigenvalue weighted by atomic mass is 10.0. The fourth-order valence-electron chi connectivity index (χ4n) is 3.11. The molecule has 0 aliphatic heterocycles. The van der Waals surface area contributed by atoms with Gasteiger partial charge in [-0.3, -0.25) is 4.79 Å². The summed E-state index contributed by atoms with van der Waals surface area (Å²) in [5.41, 5.74) is 1.30. The number of nitrogens with one attached hydrogen (secondary N) is 1. The molecule has 0 saturated carbocycles. The van der Waals surface area contributed by atoms with Crippen molar-refractivity contribution >= 4 is 17.6 Å². The van der Waals surface area contributed by atoms with Crippen molar-refractivity contribution in [2.45, 2.75) is 6.18 Å². The van der Waals surface area contributed by atoms with Crippen LogP contribution in [0.5, 0.6) is 0 Å². The lowest BCUT2D eigenvalue weighted by molar-refractivity contribution is -0.153. The molecule has 0 bridgehead atoms. The molecule has 0 aliphatic carbocycles. The number of aromatic carboxylic acids is 1. The Morgan fingerprint density at radius 3 is 1.94 bits per heavy atom. The molecule has 1 heterocycles. The number of carboxylic acids is 1. The Balaban J connectivity index is 1.57. The Morgan fingerprint density at radius 1 is 0.818 bits per heavy atom. The minimum atomic E-state index is -4.90. The Bertz CT molecular complexity index is 1300. The van der Waals surface area contributed by atoms with Crippen molar-refractivity contribution in [2.24, 2.45) is 0 Å². The van der Waals surface area contributed by atoms with Gasteiger partial charge in [0.1, 0.15) is 0 Å². The first-order valence-electron chi connectivity index (χ1n) is 9.61. The summed E-state index contributed by atoms with van der Waals surface area (Å²) >= 11 is 0. The third kappa shape index (κ3) is 4.77. The number of alkyl halides is 3. The van der Waals surface area contributed by atoms with Gasteiger partial charge in [0.2, 0.25) is 11.7 Å². The van der Waals surface area contributed by atoms with Crippen molar-refractivity contribution in [2.75, 3.05) is 5.32 Å². The molecule has 0 fully saturated rings. The van der Waals surface area contributed by atoms with Crippen LogP contribution in [0.25, 0.3) is 22.6 Å². The van der Waals surface area contributed by atoms with Crippen molar-refractivity contribution in [1.29, 1.82) is 0 Å². The zero-order valence-corrected chi connectivity index (χ0v) is 16.8. The summed E-state index contributed by atoms with van der Waals surface area (Å²) in [4.78, 5) is 27.3. The average molecular weight is 452 g/mol. The molecule has 4 aromatic rings. The molecule has 6 nitrogen and oxygen atoms in total. The predicted octanol–water partition coefficient (Wildman–Crippen LogP) is 5.98. The van der Waals surface area contributed by atoms with Crippen LogP contribution in [-0.2, 0) is 6.18 Å². The molecule has 2 N–H and O–H groups in total. The highest BCUT2D eigenvalue weighted by Gasteiger charge is 2.42. The zero-order chi connectivity index (χ0) is 23.6. The van der Waals surface area contributed by atoms with Crippen LogP contribution >= 0.6 is 0 Å². The lowest BCUT2D eigenvalue weighted by Gasteiger charge is -2.08. The van der Waals surface area contributed by atoms with Gasteiger partial charge in [-0.25, -0.2) is 9.78 Å². The Labute approximate surface area is 185 Å². The van der Waals surface area contributed by atoms with Gasteiger partial charge >= 0.3 is 12.1 Å². The fourth-order valence-corrected chi connectivity index (χ4v) is 3.11. The van der Waals surface area contributed by atoms with E-state index in [0.29, 0.717) is 5.56 Å². The van der Waals surface area contributed by atoms with Gasteiger partial charge in [0.25, 0.3) is 5.91 Å². The average Bonchev–Trinajstić information content (AvgIpc) is 3.27. The molecule has 166 valence electrons. The number of carbonyl (C=O) groups excluding carboxylic acids is 1. The van der Waals surface area contributed by atoms with Crippen LogP contribution in [0.4, 0.5) is 18.9 Å². The van der Waals surface area contributed by atoms with Crippen molar-refractivity contribution < 1.29 is 32.3 Å². The minimum absolute atomic E-state index is 0.144. The number of hydrogen-bond acceptors (Lipinski definition) is 4. The van der Waals surface area contributed by atoms with Crippen LogP contribution in [0.15, 0.2) is 83.3 Å². The highest BCUT2D eigenvalue weighted by atomic mass is 19.4. The molecule has 0 radical (unpaired) electrons. The first-order chi connectivity index (χ1) is 15.7. The van der Waals surface area contributed by atoms with E-state index < -0.39 is 29.5 Å². The summed E-state index contributed by atoms with van der Waals surface area (Å²) < 4.78 is 45.2. The number of amides is 1. The zero-order valence-electron chi connectivity index (χ0n) is 16.8. The van der Waals surface area contributed by atoms with Gasteiger partial charge < -0.3 is 14.8 Å². The van der Waals surface area contributed by atoms with Crippen molar-refractivity contribution in [3.8, 4) is 22.6 Å². The number of benzene rings is 3. The molecule has 0 aliphatic rings. The smallest absolute Gasteiger partial charge is 0.452 e. The van der Waals surface area contributed by atoms with Crippen molar-refractivity contribution in [3.63, 3.8) is 0 Å². The molecule has 4 rings (SSSR count). The van der Waals surface area contributed by atoms with E-state index in [0.717, 1.165) is 11.1 Å². The molecule has 0 unspecified atom stereocenters. The molecule has 0 atom stereocenters. The van der Waals surface area contributed by atoms with E-state index >= 15 is 0 Å². The van der Waals surface area contributed by atoms with Crippen molar-refractivity contribution in [3.05, 3.63) is 95.9 Å². The van der Waals surface area contributed by atoms with Gasteiger partial charge in [-0.2, -0.15) is 13.2 Å². The summed E-state index contributed by atoms with van der Waals surface area (Å²) in [7, 11) is 0. The van der Waals surface area contributed by atoms with E-state index in [9.17, 15) is 22.8 Å². The topological polar surface area (TPSA) is 92.4 Å². The SMILES string of the molecule is O=C(O)c1ccc(-c2ccc(NC(=O)c3nc(-c4ccccc4)oc3C(F)(F)F)cc2)cc1. The van der Waals surface area contributed by atoms with Crippen LogP contribution in [0.1, 0.15) is 26.6 Å². The number of nitrogens with zero attached hydrogens (tertiary/aromatic N) is 1. The highest BCUT2D eigenvalue weighted by Crippen LogP contribution is 2.35. The normalized spacial score (nSPS) is 11.2. The maximum absolute atomic E-state index is 13.4. The van der Waals surface area contributed by atoms with E-state index in [1.165, 1.54) is 36.4 Å². The maximum Gasteiger partial charge on any atom is 0.452 e. The highest BCUT2D eigenvalue weighted by molar-refractivity contribution is 6.04. The van der Waals surface area contributed by atoms with Crippen molar-refractivity contribution in [1.82, 2.24) is 4.98 Å². The van der Waals surface area contributed by atoms with Gasteiger partial charge in [-0.05, 0) is 47.5 Å². The first-order valence-corrected chi connectivity index (χ1v) is 9.61. The van der Waals surface area contributed by atoms with Crippen LogP contribution in [0.2, 0.25) is 0 Å². The van der Waals surface area contributed by atoms with Gasteiger partial charge in [0.15, 0.2) is 5.69 Å². The molecule has 0 saturated heterocycles. The molecule has 0 spiro atoms. The van der Waals surface area contributed by atoms with E-state index in [-0.39, 0.29) is 17.1 Å². The van der Waals surface area contributed by atoms with E-state index in [4.69, 9.17) is 9.52 Å². The molecular weight excluding hydrogens is 437 g/mol. The third-order valence-corrected chi connectivity index (χ3v) is 4.73. The molecule has 3 aromatic carbocycles. The van der Waals surface area contributed by atoms with Gasteiger partial charge in [-0.1, -0.05) is 42.5 Å². The number of rotatable bonds is 5. The first kappa shape index (κ1) is 21.8. The fraction of sp³-hybridized carbons (Fsp3) is 0.0417. The number of oxazole rings is 1. The van der Waals surface area contributed by atoms with E-state index in [1.807, 2.05) is 0 Å². The van der Waals surface area contributed by atoms with Crippen LogP contribution in [-0.4, -0.2) is 22.0 Å². The minimum Gasteiger partial charge on any atom is -0.478 e. The number of carbonyl (C=O) groups is 2. The van der Waals surface area contributed by atoms with Crippen LogP contribution in [0.3, 0.4) is 0 Å². The molecule has 1 amide bonds. The second-order valence-electron chi connectivity index (χ2n) is 6.97. The van der Waals surface area contributed by atoms with Crippen LogP contribution in [0, 0.1) is 0 Å². The largest absolute Gasteiger partial charge is 0.478 e. The number of aromatic nitrogens is 1. The number of carboxylic acid groups (broad SMARTS) is 1. The van der Waals surface area contributed by atoms with E-state index in [1.54, 1.807) is 42.5 Å². The Hall–Kier alpha value is -4.40. The number of hydrogen-bond donors (Lipinski definition) is 2. The summed E-state index contributed by atoms with van der Waals surface area (Å²) in [5, 5.41) is 11.4. The maximum atomic E-state index is 13.4. The summed E-state index contributed by atoms with van der Waals surface area (Å²) in [6, 6.07) is 20.5. The third-order valence-electron chi connectivity index (χ3n) is 4.73. The van der Waals surface area contributed by atoms with E-state index in [2.05, 4.69) is 10.3 Å². The number of halogens is 3. The second-order valence-corrected chi connectivity index (χ2v) is 6.97. The quantitative estimate of drug-likeness (QED) is 0.389. The predicted molar refractivity (Wildman–Crippen MR) is 114 cm³/mol. The monoisotopic (exact) mass is 452 g/mol. The number of anilines is 1. The van der Waals surface area contributed by atoms with Gasteiger partial charge in [0.05, 0.1) is 5.56 Å². The summed E-state index contributed by atoms with van der Waals surface area (Å²) in [5.74, 6) is -3.89. The molecule has 9 heteroatoms. The summed E-state index contributed by atoms with van der Waals surface area (Å²) in [6.07, 6.45) is -4.90. The molecular formula is C24H15F3N2O4. The Morgan fingerprint density at radius 2 is 1.39 bits per heavy atom. The molecule has 1 aromatic heterocycles. The standard InChI is InChI=1S/C24H15F3N2O4/c25-24(26,27)20-19(29-22(33-20)16-4-2-1-3-5-16)21(30)28-18-12-10-15(11-13-18)14-6-8-17(9-7-14)23(31)32/h1-13H,(H,28,30)(H,31,32). The summed E-state index contributed by atoms with van der Waals surface area (Å²) in [6.45, 7) is 0. The van der Waals surface area contributed by atoms with Crippen LogP contribution < -0.4 is 5.32 Å². The second kappa shape index (κ2) is 8.62.